The molecule has 0 heterocycles. The van der Waals surface area contributed by atoms with Gasteiger partial charge in [0.2, 0.25) is 0 Å². The number of hydrogen-bond donors (Lipinski definition) is 0. The molecule has 23 valence electrons. The molecule has 0 rings (SSSR count). The topological polar surface area (TPSA) is 0 Å². The molecule has 0 bridgehead atoms. The Morgan fingerprint density at radius 2 is 2.00 bits per heavy atom. The van der Waals surface area contributed by atoms with Gasteiger partial charge in [-0.2, -0.15) is 0 Å². The third kappa shape index (κ3) is 14.8. The van der Waals surface area contributed by atoms with E-state index in [9.17, 15) is 0 Å². The fraction of sp³-hybridized carbons (Fsp3) is 0.250. The summed E-state index contributed by atoms with van der Waals surface area (Å²) in [6.45, 7) is 5.18. The van der Waals surface area contributed by atoms with E-state index in [1.807, 2.05) is 6.92 Å². The Morgan fingerprint density at radius 3 is 2.00 bits per heavy atom. The molecule has 0 N–H and O–H groups in total. The van der Waals surface area contributed by atoms with Gasteiger partial charge >= 0.3 is 0 Å². The minimum Gasteiger partial charge on any atom is -0.133 e. The van der Waals surface area contributed by atoms with Crippen molar-refractivity contribution in [1.29, 1.82) is 0 Å². The summed E-state index contributed by atoms with van der Waals surface area (Å²) in [4.78, 5) is 0. The Hall–Kier alpha value is 0.117. The van der Waals surface area contributed by atoms with Crippen LogP contribution in [-0.4, -0.2) is 18.9 Å². The summed E-state index contributed by atoms with van der Waals surface area (Å²) in [5.74, 6) is 0. The molecule has 0 atom stereocenters. The van der Waals surface area contributed by atoms with E-state index in [0.717, 1.165) is 0 Å². The molecule has 5 heavy (non-hydrogen) atoms. The van der Waals surface area contributed by atoms with Crippen LogP contribution in [0, 0.1) is 0 Å². The molecule has 0 saturated heterocycles. The predicted molar refractivity (Wildman–Crippen MR) is 25.1 cm³/mol. The monoisotopic (exact) mass is 61.1 g/mol. The van der Waals surface area contributed by atoms with Crippen molar-refractivity contribution < 1.29 is 0 Å². The number of allylic oxidation sites excluding steroid dienone is 1. The van der Waals surface area contributed by atoms with Gasteiger partial charge in [0.25, 0.3) is 0 Å². The molecular weight excluding hydrogens is 55.0 g/mol. The first kappa shape index (κ1) is 8.93. The molecule has 0 unspecified atom stereocenters. The third-order valence-corrected chi connectivity index (χ3v) is 0.204. The van der Waals surface area contributed by atoms with Crippen LogP contribution in [0.1, 0.15) is 6.92 Å². The van der Waals surface area contributed by atoms with E-state index in [1.165, 1.54) is 0 Å². The van der Waals surface area contributed by atoms with Crippen molar-refractivity contribution in [2.45, 2.75) is 6.92 Å². The van der Waals surface area contributed by atoms with Gasteiger partial charge in [-0.1, -0.05) is 6.58 Å². The van der Waals surface area contributed by atoms with Crippen molar-refractivity contribution >= 4 is 18.9 Å². The van der Waals surface area contributed by atoms with Crippen LogP contribution in [0.3, 0.4) is 0 Å². The molecule has 0 aliphatic heterocycles. The zero-order valence-electron chi connectivity index (χ0n) is 3.78. The van der Waals surface area contributed by atoms with Crippen LogP contribution in [0.2, 0.25) is 0 Å². The summed E-state index contributed by atoms with van der Waals surface area (Å²) in [6.07, 6.45) is 1.76. The molecule has 0 amide bonds. The van der Waals surface area contributed by atoms with Crippen LogP contribution in [0.15, 0.2) is 18.4 Å². The Morgan fingerprint density at radius 1 is 1.80 bits per heavy atom. The first-order valence-electron chi connectivity index (χ1n) is 1.22. The summed E-state index contributed by atoms with van der Waals surface area (Å²) < 4.78 is 0. The van der Waals surface area contributed by atoms with Gasteiger partial charge in [0, 0.05) is 18.9 Å². The smallest absolute Gasteiger partial charge is 0 e. The summed E-state index contributed by atoms with van der Waals surface area (Å²) >= 11 is 0. The van der Waals surface area contributed by atoms with E-state index in [-0.39, 0.29) is 18.9 Å². The predicted octanol–water partition coefficient (Wildman–Crippen LogP) is 0.967. The van der Waals surface area contributed by atoms with Crippen molar-refractivity contribution in [3.8, 4) is 0 Å². The SMILES string of the molecule is C=C=CC.[Li]. The molecule has 0 aliphatic rings. The van der Waals surface area contributed by atoms with Crippen LogP contribution in [0.4, 0.5) is 0 Å². The number of hydrogen-bond acceptors (Lipinski definition) is 0. The fourth-order valence-electron chi connectivity index (χ4n) is 0. The van der Waals surface area contributed by atoms with Gasteiger partial charge in [0.15, 0.2) is 0 Å². The Labute approximate surface area is 44.8 Å². The van der Waals surface area contributed by atoms with Gasteiger partial charge in [0.05, 0.1) is 0 Å². The molecule has 0 aromatic heterocycles. The molecule has 0 saturated carbocycles. The molecule has 0 spiro atoms. The zero-order valence-corrected chi connectivity index (χ0v) is 3.78. The first-order chi connectivity index (χ1) is 1.91. The van der Waals surface area contributed by atoms with Gasteiger partial charge in [-0.05, 0) is 13.0 Å². The fourth-order valence-corrected chi connectivity index (χ4v) is 0. The van der Waals surface area contributed by atoms with Crippen LogP contribution < -0.4 is 0 Å². The van der Waals surface area contributed by atoms with E-state index < -0.39 is 0 Å². The summed E-state index contributed by atoms with van der Waals surface area (Å²) in [5.41, 5.74) is 2.56. The van der Waals surface area contributed by atoms with Crippen LogP contribution in [0.25, 0.3) is 0 Å². The Kier molecular flexibility index (Phi) is 15.9. The molecule has 0 fully saturated rings. The van der Waals surface area contributed by atoms with Crippen molar-refractivity contribution in [3.05, 3.63) is 18.4 Å². The summed E-state index contributed by atoms with van der Waals surface area (Å²) in [6, 6.07) is 0. The van der Waals surface area contributed by atoms with Gasteiger partial charge in [-0.25, -0.2) is 0 Å². The quantitative estimate of drug-likeness (QED) is 0.289. The molecule has 0 nitrogen and oxygen atoms in total. The van der Waals surface area contributed by atoms with E-state index in [1.54, 1.807) is 6.08 Å². The van der Waals surface area contributed by atoms with Crippen molar-refractivity contribution in [2.75, 3.05) is 0 Å². The molecule has 1 radical (unpaired) electrons. The minimum atomic E-state index is 0. The van der Waals surface area contributed by atoms with Gasteiger partial charge in [-0.15, -0.1) is 5.73 Å². The van der Waals surface area contributed by atoms with E-state index in [2.05, 4.69) is 12.3 Å². The van der Waals surface area contributed by atoms with E-state index in [4.69, 9.17) is 0 Å². The van der Waals surface area contributed by atoms with E-state index in [0.29, 0.717) is 0 Å². The molecule has 0 aliphatic carbocycles. The normalized spacial score (nSPS) is 3.40. The Balaban J connectivity index is 0. The third-order valence-electron chi connectivity index (χ3n) is 0.204. The van der Waals surface area contributed by atoms with Crippen molar-refractivity contribution in [3.63, 3.8) is 0 Å². The second-order valence-corrected chi connectivity index (χ2v) is 0.493. The Bertz CT molecular complexity index is 41.6. The average molecular weight is 61.0 g/mol. The van der Waals surface area contributed by atoms with Crippen molar-refractivity contribution in [1.82, 2.24) is 0 Å². The maximum Gasteiger partial charge on any atom is 0 e. The molecular formula is C4H6Li. The summed E-state index contributed by atoms with van der Waals surface area (Å²) in [5, 5.41) is 0. The molecule has 0 aromatic carbocycles. The van der Waals surface area contributed by atoms with E-state index >= 15 is 0 Å². The van der Waals surface area contributed by atoms with Gasteiger partial charge < -0.3 is 0 Å². The summed E-state index contributed by atoms with van der Waals surface area (Å²) in [7, 11) is 0. The first-order valence-corrected chi connectivity index (χ1v) is 1.22. The number of rotatable bonds is 0. The van der Waals surface area contributed by atoms with Crippen LogP contribution in [-0.2, 0) is 0 Å². The van der Waals surface area contributed by atoms with Gasteiger partial charge in [-0.3, -0.25) is 0 Å². The zero-order chi connectivity index (χ0) is 3.41. The maximum atomic E-state index is 3.30. The van der Waals surface area contributed by atoms with Crippen LogP contribution >= 0.6 is 0 Å². The average Bonchev–Trinajstić information content (AvgIpc) is 1.37. The van der Waals surface area contributed by atoms with Crippen LogP contribution in [0.5, 0.6) is 0 Å². The minimum absolute atomic E-state index is 0. The van der Waals surface area contributed by atoms with Crippen molar-refractivity contribution in [2.24, 2.45) is 0 Å². The van der Waals surface area contributed by atoms with Gasteiger partial charge in [0.1, 0.15) is 0 Å². The standard InChI is InChI=1S/C4H6.Li/c1-3-4-2;/h4H,1H2,2H3;. The maximum absolute atomic E-state index is 3.30. The molecule has 0 aromatic rings. The molecule has 1 heteroatoms. The second kappa shape index (κ2) is 8.92. The second-order valence-electron chi connectivity index (χ2n) is 0.493. The largest absolute Gasteiger partial charge is 0.133 e.